The first kappa shape index (κ1) is 13.8. The summed E-state index contributed by atoms with van der Waals surface area (Å²) in [6, 6.07) is 6.82. The molecule has 1 fully saturated rings. The van der Waals surface area contributed by atoms with Crippen molar-refractivity contribution in [2.75, 3.05) is 13.2 Å². The number of rotatable bonds is 4. The molecular formula is C13H17N3O2S. The molecule has 2 rings (SSSR count). The molecule has 0 aliphatic carbocycles. The van der Waals surface area contributed by atoms with Gasteiger partial charge in [-0.2, -0.15) is 5.10 Å². The van der Waals surface area contributed by atoms with Crippen molar-refractivity contribution < 1.29 is 9.84 Å². The normalized spacial score (nSPS) is 18.6. The zero-order chi connectivity index (χ0) is 13.5. The van der Waals surface area contributed by atoms with Crippen molar-refractivity contribution in [2.45, 2.75) is 18.9 Å². The predicted molar refractivity (Wildman–Crippen MR) is 78.4 cm³/mol. The molecule has 0 amide bonds. The van der Waals surface area contributed by atoms with Crippen LogP contribution >= 0.6 is 12.2 Å². The maximum Gasteiger partial charge on any atom is 0.187 e. The van der Waals surface area contributed by atoms with Crippen LogP contribution in [-0.2, 0) is 4.74 Å². The van der Waals surface area contributed by atoms with Gasteiger partial charge in [-0.3, -0.25) is 5.43 Å². The Labute approximate surface area is 117 Å². The third-order valence-electron chi connectivity index (χ3n) is 2.76. The zero-order valence-electron chi connectivity index (χ0n) is 10.5. The molecule has 1 aromatic carbocycles. The summed E-state index contributed by atoms with van der Waals surface area (Å²) in [6.45, 7) is 1.54. The Morgan fingerprint density at radius 2 is 2.47 bits per heavy atom. The van der Waals surface area contributed by atoms with Gasteiger partial charge in [0.25, 0.3) is 0 Å². The molecule has 0 aromatic heterocycles. The number of hydrazone groups is 1. The van der Waals surface area contributed by atoms with E-state index in [-0.39, 0.29) is 11.9 Å². The van der Waals surface area contributed by atoms with Crippen LogP contribution in [0.25, 0.3) is 0 Å². The third kappa shape index (κ3) is 4.84. The molecule has 5 nitrogen and oxygen atoms in total. The van der Waals surface area contributed by atoms with Crippen LogP contribution in [-0.4, -0.2) is 35.7 Å². The lowest BCUT2D eigenvalue weighted by Crippen LogP contribution is -2.37. The van der Waals surface area contributed by atoms with Crippen LogP contribution in [0.1, 0.15) is 18.4 Å². The first-order valence-electron chi connectivity index (χ1n) is 6.21. The summed E-state index contributed by atoms with van der Waals surface area (Å²) in [6.07, 6.45) is 4.03. The average Bonchev–Trinajstić information content (AvgIpc) is 2.89. The molecule has 1 aliphatic heterocycles. The molecule has 0 spiro atoms. The van der Waals surface area contributed by atoms with E-state index in [1.165, 1.54) is 0 Å². The lowest BCUT2D eigenvalue weighted by molar-refractivity contribution is 0.114. The van der Waals surface area contributed by atoms with Crippen molar-refractivity contribution in [2.24, 2.45) is 5.10 Å². The number of hydrogen-bond acceptors (Lipinski definition) is 4. The first-order chi connectivity index (χ1) is 9.24. The van der Waals surface area contributed by atoms with Crippen molar-refractivity contribution in [3.8, 4) is 5.75 Å². The van der Waals surface area contributed by atoms with Gasteiger partial charge in [-0.05, 0) is 42.8 Å². The molecule has 102 valence electrons. The van der Waals surface area contributed by atoms with E-state index in [9.17, 15) is 5.11 Å². The van der Waals surface area contributed by atoms with Gasteiger partial charge < -0.3 is 15.2 Å². The number of phenols is 1. The monoisotopic (exact) mass is 279 g/mol. The van der Waals surface area contributed by atoms with Crippen molar-refractivity contribution >= 4 is 23.5 Å². The van der Waals surface area contributed by atoms with Gasteiger partial charge in [-0.25, -0.2) is 0 Å². The average molecular weight is 279 g/mol. The molecule has 1 aliphatic rings. The van der Waals surface area contributed by atoms with E-state index < -0.39 is 0 Å². The van der Waals surface area contributed by atoms with Gasteiger partial charge >= 0.3 is 0 Å². The highest BCUT2D eigenvalue weighted by atomic mass is 32.1. The molecule has 1 aromatic rings. The van der Waals surface area contributed by atoms with Gasteiger partial charge in [0.15, 0.2) is 5.11 Å². The zero-order valence-corrected chi connectivity index (χ0v) is 11.3. The summed E-state index contributed by atoms with van der Waals surface area (Å²) in [5.41, 5.74) is 3.53. The number of phenolic OH excluding ortho intramolecular Hbond substituents is 1. The lowest BCUT2D eigenvalue weighted by atomic mass is 10.2. The van der Waals surface area contributed by atoms with Crippen LogP contribution in [0.2, 0.25) is 0 Å². The Morgan fingerprint density at radius 1 is 1.58 bits per heavy atom. The second kappa shape index (κ2) is 7.06. The fourth-order valence-electron chi connectivity index (χ4n) is 1.82. The minimum absolute atomic E-state index is 0.211. The molecule has 6 heteroatoms. The Bertz CT molecular complexity index is 459. The molecule has 3 N–H and O–H groups in total. The van der Waals surface area contributed by atoms with E-state index in [2.05, 4.69) is 15.8 Å². The first-order valence-corrected chi connectivity index (χ1v) is 6.62. The molecular weight excluding hydrogens is 262 g/mol. The van der Waals surface area contributed by atoms with E-state index in [0.717, 1.165) is 25.0 Å². The minimum Gasteiger partial charge on any atom is -0.508 e. The van der Waals surface area contributed by atoms with E-state index in [1.807, 2.05) is 6.07 Å². The van der Waals surface area contributed by atoms with E-state index >= 15 is 0 Å². The summed E-state index contributed by atoms with van der Waals surface area (Å²) in [5.74, 6) is 0.211. The number of thiocarbonyl (C=S) groups is 1. The van der Waals surface area contributed by atoms with Gasteiger partial charge in [-0.15, -0.1) is 0 Å². The number of hydrogen-bond donors (Lipinski definition) is 3. The van der Waals surface area contributed by atoms with E-state index in [4.69, 9.17) is 17.0 Å². The van der Waals surface area contributed by atoms with Crippen molar-refractivity contribution in [1.82, 2.24) is 10.7 Å². The molecule has 19 heavy (non-hydrogen) atoms. The van der Waals surface area contributed by atoms with Crippen LogP contribution in [0.3, 0.4) is 0 Å². The van der Waals surface area contributed by atoms with Gasteiger partial charge in [0.2, 0.25) is 0 Å². The topological polar surface area (TPSA) is 65.9 Å². The molecule has 1 heterocycles. The smallest absolute Gasteiger partial charge is 0.187 e. The molecule has 0 unspecified atom stereocenters. The van der Waals surface area contributed by atoms with Crippen LogP contribution in [0, 0.1) is 0 Å². The van der Waals surface area contributed by atoms with Crippen LogP contribution < -0.4 is 10.7 Å². The highest BCUT2D eigenvalue weighted by molar-refractivity contribution is 7.80. The van der Waals surface area contributed by atoms with Crippen molar-refractivity contribution in [1.29, 1.82) is 0 Å². The lowest BCUT2D eigenvalue weighted by Gasteiger charge is -2.11. The predicted octanol–water partition coefficient (Wildman–Crippen LogP) is 1.37. The summed E-state index contributed by atoms with van der Waals surface area (Å²) >= 11 is 5.09. The highest BCUT2D eigenvalue weighted by Gasteiger charge is 2.14. The molecule has 0 saturated carbocycles. The van der Waals surface area contributed by atoms with Crippen molar-refractivity contribution in [3.05, 3.63) is 29.8 Å². The van der Waals surface area contributed by atoms with E-state index in [0.29, 0.717) is 11.7 Å². The second-order valence-corrected chi connectivity index (χ2v) is 4.72. The third-order valence-corrected chi connectivity index (χ3v) is 3.00. The maximum atomic E-state index is 9.29. The van der Waals surface area contributed by atoms with Crippen LogP contribution in [0.5, 0.6) is 5.75 Å². The summed E-state index contributed by atoms with van der Waals surface area (Å²) in [5, 5.41) is 16.8. The molecule has 0 bridgehead atoms. The molecule has 1 atom stereocenters. The quantitative estimate of drug-likeness (QED) is 0.441. The Hall–Kier alpha value is -1.66. The Kier molecular flexibility index (Phi) is 5.11. The van der Waals surface area contributed by atoms with Crippen LogP contribution in [0.4, 0.5) is 0 Å². The van der Waals surface area contributed by atoms with Crippen molar-refractivity contribution in [3.63, 3.8) is 0 Å². The molecule has 1 saturated heterocycles. The summed E-state index contributed by atoms with van der Waals surface area (Å²) in [7, 11) is 0. The van der Waals surface area contributed by atoms with E-state index in [1.54, 1.807) is 24.4 Å². The summed E-state index contributed by atoms with van der Waals surface area (Å²) in [4.78, 5) is 0. The molecule has 0 radical (unpaired) electrons. The largest absolute Gasteiger partial charge is 0.508 e. The minimum atomic E-state index is 0.211. The maximum absolute atomic E-state index is 9.29. The van der Waals surface area contributed by atoms with Gasteiger partial charge in [0, 0.05) is 13.2 Å². The van der Waals surface area contributed by atoms with Crippen LogP contribution in [0.15, 0.2) is 29.4 Å². The number of nitrogens with one attached hydrogen (secondary N) is 2. The summed E-state index contributed by atoms with van der Waals surface area (Å²) < 4.78 is 5.47. The fourth-order valence-corrected chi connectivity index (χ4v) is 1.96. The standard InChI is InChI=1S/C13H17N3O2S/c17-11-4-1-3-10(7-11)8-15-16-13(19)14-9-12-5-2-6-18-12/h1,3-4,7-8,12,17H,2,5-6,9H2,(H2,14,16,19)/b15-8-/t12-/m0/s1. The van der Waals surface area contributed by atoms with Gasteiger partial charge in [0.05, 0.1) is 12.3 Å². The Balaban J connectivity index is 1.70. The fraction of sp³-hybridized carbons (Fsp3) is 0.385. The number of aromatic hydroxyl groups is 1. The number of nitrogens with zero attached hydrogens (tertiary/aromatic N) is 1. The Morgan fingerprint density at radius 3 is 3.21 bits per heavy atom. The van der Waals surface area contributed by atoms with Gasteiger partial charge in [-0.1, -0.05) is 12.1 Å². The van der Waals surface area contributed by atoms with Gasteiger partial charge in [0.1, 0.15) is 5.75 Å². The number of benzene rings is 1. The second-order valence-electron chi connectivity index (χ2n) is 4.31. The highest BCUT2D eigenvalue weighted by Crippen LogP contribution is 2.10. The SMILES string of the molecule is Oc1cccc(/C=N\NC(=S)NC[C@@H]2CCCO2)c1. The number of ether oxygens (including phenoxy) is 1.